The Balaban J connectivity index is 2.01. The first-order valence-corrected chi connectivity index (χ1v) is 5.67. The number of aliphatic hydroxyl groups is 1. The molecular formula is C12H17N3O2. The van der Waals surface area contributed by atoms with Crippen molar-refractivity contribution in [3.63, 3.8) is 0 Å². The number of nitrogens with zero attached hydrogens (tertiary/aromatic N) is 2. The molecule has 2 heterocycles. The molecular weight excluding hydrogens is 218 g/mol. The van der Waals surface area contributed by atoms with Crippen molar-refractivity contribution in [2.75, 3.05) is 5.32 Å². The zero-order valence-electron chi connectivity index (χ0n) is 10.1. The molecule has 0 aliphatic heterocycles. The maximum absolute atomic E-state index is 8.89. The first-order valence-electron chi connectivity index (χ1n) is 5.67. The van der Waals surface area contributed by atoms with Crippen LogP contribution in [0.1, 0.15) is 24.1 Å². The fourth-order valence-electron chi connectivity index (χ4n) is 1.73. The van der Waals surface area contributed by atoms with Gasteiger partial charge in [-0.3, -0.25) is 4.68 Å². The minimum atomic E-state index is -0.0624. The van der Waals surface area contributed by atoms with Gasteiger partial charge in [-0.25, -0.2) is 0 Å². The van der Waals surface area contributed by atoms with Gasteiger partial charge < -0.3 is 14.8 Å². The van der Waals surface area contributed by atoms with E-state index in [2.05, 4.69) is 17.3 Å². The van der Waals surface area contributed by atoms with Crippen molar-refractivity contribution >= 4 is 5.69 Å². The average molecular weight is 235 g/mol. The van der Waals surface area contributed by atoms with Gasteiger partial charge in [0.1, 0.15) is 18.1 Å². The predicted octanol–water partition coefficient (Wildman–Crippen LogP) is 1.68. The molecule has 0 radical (unpaired) electrons. The van der Waals surface area contributed by atoms with E-state index in [1.165, 1.54) is 0 Å². The second-order valence-electron chi connectivity index (χ2n) is 3.90. The van der Waals surface area contributed by atoms with Crippen molar-refractivity contribution in [3.8, 4) is 0 Å². The van der Waals surface area contributed by atoms with Gasteiger partial charge in [0.2, 0.25) is 0 Å². The number of aliphatic hydroxyl groups excluding tert-OH is 1. The molecule has 0 saturated heterocycles. The summed E-state index contributed by atoms with van der Waals surface area (Å²) in [5, 5.41) is 16.5. The first kappa shape index (κ1) is 11.7. The van der Waals surface area contributed by atoms with E-state index in [1.54, 1.807) is 10.7 Å². The summed E-state index contributed by atoms with van der Waals surface area (Å²) in [6.07, 6.45) is 2.85. The highest BCUT2D eigenvalue weighted by molar-refractivity contribution is 5.46. The summed E-state index contributed by atoms with van der Waals surface area (Å²) < 4.78 is 7.19. The first-order chi connectivity index (χ1) is 8.22. The number of furan rings is 1. The summed E-state index contributed by atoms with van der Waals surface area (Å²) in [6, 6.07) is 3.64. The van der Waals surface area contributed by atoms with Crippen molar-refractivity contribution in [2.24, 2.45) is 7.05 Å². The third-order valence-corrected chi connectivity index (χ3v) is 2.57. The average Bonchev–Trinajstić information content (AvgIpc) is 2.92. The van der Waals surface area contributed by atoms with Crippen molar-refractivity contribution in [3.05, 3.63) is 35.5 Å². The van der Waals surface area contributed by atoms with Crippen LogP contribution >= 0.6 is 0 Å². The van der Waals surface area contributed by atoms with Crippen LogP contribution in [0, 0.1) is 0 Å². The van der Waals surface area contributed by atoms with E-state index in [0.29, 0.717) is 12.3 Å². The second-order valence-corrected chi connectivity index (χ2v) is 3.90. The molecule has 0 bridgehead atoms. The maximum Gasteiger partial charge on any atom is 0.129 e. The summed E-state index contributed by atoms with van der Waals surface area (Å²) in [6.45, 7) is 2.61. The maximum atomic E-state index is 8.89. The quantitative estimate of drug-likeness (QED) is 0.827. The van der Waals surface area contributed by atoms with E-state index >= 15 is 0 Å². The Hall–Kier alpha value is -1.75. The van der Waals surface area contributed by atoms with Crippen LogP contribution in [0.25, 0.3) is 0 Å². The van der Waals surface area contributed by atoms with Crippen LogP contribution in [-0.4, -0.2) is 14.9 Å². The molecule has 5 heteroatoms. The minimum Gasteiger partial charge on any atom is -0.462 e. The van der Waals surface area contributed by atoms with Gasteiger partial charge in [0, 0.05) is 13.2 Å². The lowest BCUT2D eigenvalue weighted by Crippen LogP contribution is -1.99. The van der Waals surface area contributed by atoms with E-state index in [0.717, 1.165) is 23.6 Å². The standard InChI is InChI=1S/C12H17N3O2/c1-3-11-12(7-15(2)14-11)13-6-9-4-5-10(8-16)17-9/h4-5,7,13,16H,3,6,8H2,1-2H3. The van der Waals surface area contributed by atoms with Crippen LogP contribution < -0.4 is 5.32 Å². The Morgan fingerprint density at radius 3 is 2.82 bits per heavy atom. The molecule has 0 aliphatic rings. The number of aromatic nitrogens is 2. The van der Waals surface area contributed by atoms with Gasteiger partial charge in [0.05, 0.1) is 17.9 Å². The Morgan fingerprint density at radius 1 is 1.41 bits per heavy atom. The topological polar surface area (TPSA) is 63.2 Å². The fourth-order valence-corrected chi connectivity index (χ4v) is 1.73. The summed E-state index contributed by atoms with van der Waals surface area (Å²) in [4.78, 5) is 0. The van der Waals surface area contributed by atoms with Gasteiger partial charge in [-0.2, -0.15) is 5.10 Å². The molecule has 0 unspecified atom stereocenters. The van der Waals surface area contributed by atoms with E-state index in [4.69, 9.17) is 9.52 Å². The molecule has 2 rings (SSSR count). The van der Waals surface area contributed by atoms with Crippen molar-refractivity contribution in [2.45, 2.75) is 26.5 Å². The zero-order valence-corrected chi connectivity index (χ0v) is 10.1. The molecule has 2 N–H and O–H groups in total. The fraction of sp³-hybridized carbons (Fsp3) is 0.417. The highest BCUT2D eigenvalue weighted by Crippen LogP contribution is 2.16. The summed E-state index contributed by atoms with van der Waals surface area (Å²) >= 11 is 0. The monoisotopic (exact) mass is 235 g/mol. The largest absolute Gasteiger partial charge is 0.462 e. The molecule has 0 spiro atoms. The third kappa shape index (κ3) is 2.68. The highest BCUT2D eigenvalue weighted by atomic mass is 16.4. The van der Waals surface area contributed by atoms with Crippen molar-refractivity contribution < 1.29 is 9.52 Å². The lowest BCUT2D eigenvalue weighted by Gasteiger charge is -2.02. The van der Waals surface area contributed by atoms with E-state index in [9.17, 15) is 0 Å². The lowest BCUT2D eigenvalue weighted by molar-refractivity contribution is 0.244. The normalized spacial score (nSPS) is 10.8. The minimum absolute atomic E-state index is 0.0624. The van der Waals surface area contributed by atoms with Crippen molar-refractivity contribution in [1.82, 2.24) is 9.78 Å². The van der Waals surface area contributed by atoms with Gasteiger partial charge in [-0.05, 0) is 18.6 Å². The van der Waals surface area contributed by atoms with E-state index < -0.39 is 0 Å². The summed E-state index contributed by atoms with van der Waals surface area (Å²) in [5.41, 5.74) is 2.07. The Bertz CT molecular complexity index is 488. The lowest BCUT2D eigenvalue weighted by atomic mass is 10.3. The molecule has 0 saturated carbocycles. The smallest absolute Gasteiger partial charge is 0.129 e. The van der Waals surface area contributed by atoms with Gasteiger partial charge >= 0.3 is 0 Å². The number of hydrogen-bond donors (Lipinski definition) is 2. The Labute approximate surface area is 100 Å². The molecule has 0 fully saturated rings. The zero-order chi connectivity index (χ0) is 12.3. The van der Waals surface area contributed by atoms with Crippen LogP contribution in [0.4, 0.5) is 5.69 Å². The summed E-state index contributed by atoms with van der Waals surface area (Å²) in [7, 11) is 1.90. The molecule has 0 atom stereocenters. The number of aryl methyl sites for hydroxylation is 2. The van der Waals surface area contributed by atoms with Gasteiger partial charge in [-0.15, -0.1) is 0 Å². The van der Waals surface area contributed by atoms with Crippen LogP contribution in [-0.2, 0) is 26.6 Å². The van der Waals surface area contributed by atoms with Crippen LogP contribution in [0.2, 0.25) is 0 Å². The number of hydrogen-bond acceptors (Lipinski definition) is 4. The number of rotatable bonds is 5. The van der Waals surface area contributed by atoms with E-state index in [-0.39, 0.29) is 6.61 Å². The third-order valence-electron chi connectivity index (χ3n) is 2.57. The molecule has 5 nitrogen and oxygen atoms in total. The molecule has 0 aliphatic carbocycles. The molecule has 92 valence electrons. The number of anilines is 1. The number of nitrogens with one attached hydrogen (secondary N) is 1. The molecule has 2 aromatic heterocycles. The van der Waals surface area contributed by atoms with E-state index in [1.807, 2.05) is 19.3 Å². The van der Waals surface area contributed by atoms with Crippen LogP contribution in [0.15, 0.2) is 22.7 Å². The SMILES string of the molecule is CCc1nn(C)cc1NCc1ccc(CO)o1. The molecule has 17 heavy (non-hydrogen) atoms. The molecule has 2 aromatic rings. The molecule has 0 aromatic carbocycles. The predicted molar refractivity (Wildman–Crippen MR) is 64.5 cm³/mol. The van der Waals surface area contributed by atoms with Crippen LogP contribution in [0.5, 0.6) is 0 Å². The second kappa shape index (κ2) is 5.05. The van der Waals surface area contributed by atoms with Gasteiger partial charge in [0.25, 0.3) is 0 Å². The highest BCUT2D eigenvalue weighted by Gasteiger charge is 2.06. The van der Waals surface area contributed by atoms with Crippen molar-refractivity contribution in [1.29, 1.82) is 0 Å². The van der Waals surface area contributed by atoms with Gasteiger partial charge in [-0.1, -0.05) is 6.92 Å². The van der Waals surface area contributed by atoms with Gasteiger partial charge in [0.15, 0.2) is 0 Å². The summed E-state index contributed by atoms with van der Waals surface area (Å²) in [5.74, 6) is 1.39. The Kier molecular flexibility index (Phi) is 3.49. The molecule has 0 amide bonds. The Morgan fingerprint density at radius 2 is 2.18 bits per heavy atom. The van der Waals surface area contributed by atoms with Crippen LogP contribution in [0.3, 0.4) is 0 Å².